The van der Waals surface area contributed by atoms with E-state index in [1.54, 1.807) is 24.3 Å². The van der Waals surface area contributed by atoms with Gasteiger partial charge in [0.1, 0.15) is 6.04 Å². The fraction of sp³-hybridized carbons (Fsp3) is 0.333. The third-order valence-electron chi connectivity index (χ3n) is 3.74. The zero-order valence-electron chi connectivity index (χ0n) is 12.2. The molecular formula is C15H16N4O4. The molecule has 1 fully saturated rings. The maximum Gasteiger partial charge on any atom is 0.306 e. The number of carbonyl (C=O) groups excluding carboxylic acids is 2. The van der Waals surface area contributed by atoms with Gasteiger partial charge < -0.3 is 16.2 Å². The molecule has 23 heavy (non-hydrogen) atoms. The molecule has 0 saturated heterocycles. The first-order valence-electron chi connectivity index (χ1n) is 7.26. The summed E-state index contributed by atoms with van der Waals surface area (Å²) in [6, 6.07) is 5.84. The van der Waals surface area contributed by atoms with Gasteiger partial charge in [-0.15, -0.1) is 0 Å². The first-order chi connectivity index (χ1) is 11.0. The predicted molar refractivity (Wildman–Crippen MR) is 80.7 cm³/mol. The molecule has 120 valence electrons. The topological polar surface area (TPSA) is 127 Å². The summed E-state index contributed by atoms with van der Waals surface area (Å²) in [5.41, 5.74) is 5.85. The molecule has 2 aromatic rings. The molecule has 0 radical (unpaired) electrons. The van der Waals surface area contributed by atoms with E-state index in [-0.39, 0.29) is 11.7 Å². The van der Waals surface area contributed by atoms with Crippen LogP contribution in [0.4, 0.5) is 0 Å². The quantitative estimate of drug-likeness (QED) is 0.712. The van der Waals surface area contributed by atoms with E-state index in [2.05, 4.69) is 10.4 Å². The number of carboxylic acids is 1. The number of aromatic nitrogens is 2. The molecular weight excluding hydrogens is 300 g/mol. The van der Waals surface area contributed by atoms with Gasteiger partial charge >= 0.3 is 5.97 Å². The number of nitrogens with two attached hydrogens (primary N) is 1. The van der Waals surface area contributed by atoms with Crippen molar-refractivity contribution in [3.05, 3.63) is 30.0 Å². The normalized spacial score (nSPS) is 15.3. The van der Waals surface area contributed by atoms with Crippen LogP contribution in [0.15, 0.2) is 24.3 Å². The highest BCUT2D eigenvalue weighted by atomic mass is 16.4. The number of hydrogen-bond acceptors (Lipinski definition) is 4. The minimum atomic E-state index is -1.12. The second kappa shape index (κ2) is 5.71. The molecule has 1 aromatic heterocycles. The number of aliphatic carboxylic acids is 1. The zero-order chi connectivity index (χ0) is 16.6. The molecule has 1 saturated carbocycles. The number of nitrogens with zero attached hydrogens (tertiary/aromatic N) is 2. The largest absolute Gasteiger partial charge is 0.481 e. The van der Waals surface area contributed by atoms with Gasteiger partial charge in [0.2, 0.25) is 5.91 Å². The Hall–Kier alpha value is -2.90. The average Bonchev–Trinajstić information content (AvgIpc) is 3.22. The fourth-order valence-electron chi connectivity index (χ4n) is 2.49. The van der Waals surface area contributed by atoms with Gasteiger partial charge in [0.25, 0.3) is 5.91 Å². The van der Waals surface area contributed by atoms with Gasteiger partial charge in [-0.3, -0.25) is 19.1 Å². The van der Waals surface area contributed by atoms with Crippen molar-refractivity contribution in [2.75, 3.05) is 0 Å². The minimum Gasteiger partial charge on any atom is -0.481 e. The van der Waals surface area contributed by atoms with Gasteiger partial charge in [-0.25, -0.2) is 0 Å². The van der Waals surface area contributed by atoms with Crippen LogP contribution in [-0.4, -0.2) is 38.7 Å². The summed E-state index contributed by atoms with van der Waals surface area (Å²) in [6.07, 6.45) is 1.35. The van der Waals surface area contributed by atoms with E-state index in [4.69, 9.17) is 10.8 Å². The van der Waals surface area contributed by atoms with Gasteiger partial charge in [-0.1, -0.05) is 18.2 Å². The summed E-state index contributed by atoms with van der Waals surface area (Å²) in [6.45, 7) is 0. The number of primary amides is 1. The highest BCUT2D eigenvalue weighted by Crippen LogP contribution is 2.25. The van der Waals surface area contributed by atoms with Gasteiger partial charge in [-0.05, 0) is 18.9 Å². The van der Waals surface area contributed by atoms with E-state index in [9.17, 15) is 14.4 Å². The molecule has 1 aliphatic rings. The van der Waals surface area contributed by atoms with Crippen molar-refractivity contribution in [3.63, 3.8) is 0 Å². The third kappa shape index (κ3) is 3.01. The van der Waals surface area contributed by atoms with E-state index in [0.29, 0.717) is 10.9 Å². The number of rotatable bonds is 6. The summed E-state index contributed by atoms with van der Waals surface area (Å²) in [4.78, 5) is 35.1. The Balaban J connectivity index is 2.07. The monoisotopic (exact) mass is 316 g/mol. The lowest BCUT2D eigenvalue weighted by atomic mass is 10.1. The lowest BCUT2D eigenvalue weighted by molar-refractivity contribution is -0.140. The van der Waals surface area contributed by atoms with E-state index in [1.165, 1.54) is 4.68 Å². The van der Waals surface area contributed by atoms with Crippen LogP contribution in [0.3, 0.4) is 0 Å². The number of nitrogens with one attached hydrogen (secondary N) is 1. The Labute approximate surface area is 131 Å². The summed E-state index contributed by atoms with van der Waals surface area (Å²) >= 11 is 0. The molecule has 1 atom stereocenters. The molecule has 8 nitrogen and oxygen atoms in total. The number of hydrogen-bond donors (Lipinski definition) is 3. The van der Waals surface area contributed by atoms with E-state index >= 15 is 0 Å². The number of para-hydroxylation sites is 1. The van der Waals surface area contributed by atoms with Crippen LogP contribution in [0.2, 0.25) is 0 Å². The first kappa shape index (κ1) is 15.0. The minimum absolute atomic E-state index is 0.0233. The average molecular weight is 316 g/mol. The van der Waals surface area contributed by atoms with E-state index in [1.807, 2.05) is 0 Å². The highest BCUT2D eigenvalue weighted by molar-refractivity contribution is 6.04. The number of carboxylic acid groups (broad SMARTS) is 1. The number of benzene rings is 1. The van der Waals surface area contributed by atoms with Crippen molar-refractivity contribution < 1.29 is 19.5 Å². The Morgan fingerprint density at radius 1 is 1.35 bits per heavy atom. The second-order valence-electron chi connectivity index (χ2n) is 5.57. The van der Waals surface area contributed by atoms with Crippen molar-refractivity contribution in [1.82, 2.24) is 15.1 Å². The number of carbonyl (C=O) groups is 3. The molecule has 4 N–H and O–H groups in total. The molecule has 1 aliphatic carbocycles. The first-order valence-corrected chi connectivity index (χ1v) is 7.26. The SMILES string of the molecule is NC(=O)c1nn(C(CC(=O)O)C(=O)NC2CC2)c2ccccc12. The van der Waals surface area contributed by atoms with Crippen LogP contribution in [0.25, 0.3) is 10.9 Å². The maximum absolute atomic E-state index is 12.4. The summed E-state index contributed by atoms with van der Waals surface area (Å²) in [5.74, 6) is -2.27. The highest BCUT2D eigenvalue weighted by Gasteiger charge is 2.32. The molecule has 1 unspecified atom stereocenters. The maximum atomic E-state index is 12.4. The zero-order valence-corrected chi connectivity index (χ0v) is 12.2. The van der Waals surface area contributed by atoms with Crippen LogP contribution in [0.1, 0.15) is 35.8 Å². The number of fused-ring (bicyclic) bond motifs is 1. The standard InChI is InChI=1S/C15H16N4O4/c16-14(22)13-9-3-1-2-4-10(9)19(18-13)11(7-12(20)21)15(23)17-8-5-6-8/h1-4,8,11H,5-7H2,(H2,16,22)(H,17,23)(H,20,21). The van der Waals surface area contributed by atoms with Crippen molar-refractivity contribution in [2.45, 2.75) is 31.3 Å². The molecule has 0 spiro atoms. The van der Waals surface area contributed by atoms with Crippen LogP contribution < -0.4 is 11.1 Å². The molecule has 2 amide bonds. The predicted octanol–water partition coefficient (Wildman–Crippen LogP) is 0.430. The molecule has 3 rings (SSSR count). The smallest absolute Gasteiger partial charge is 0.306 e. The molecule has 1 aromatic carbocycles. The van der Waals surface area contributed by atoms with E-state index < -0.39 is 30.2 Å². The summed E-state index contributed by atoms with van der Waals surface area (Å²) in [7, 11) is 0. The molecule has 0 bridgehead atoms. The summed E-state index contributed by atoms with van der Waals surface area (Å²) < 4.78 is 1.28. The van der Waals surface area contributed by atoms with Crippen LogP contribution in [0, 0.1) is 0 Å². The van der Waals surface area contributed by atoms with Crippen molar-refractivity contribution in [1.29, 1.82) is 0 Å². The van der Waals surface area contributed by atoms with Gasteiger partial charge in [0.05, 0.1) is 11.9 Å². The Morgan fingerprint density at radius 2 is 2.04 bits per heavy atom. The Kier molecular flexibility index (Phi) is 3.73. The van der Waals surface area contributed by atoms with Crippen molar-refractivity contribution in [3.8, 4) is 0 Å². The van der Waals surface area contributed by atoms with E-state index in [0.717, 1.165) is 12.8 Å². The fourth-order valence-corrected chi connectivity index (χ4v) is 2.49. The lowest BCUT2D eigenvalue weighted by Crippen LogP contribution is -2.35. The second-order valence-corrected chi connectivity index (χ2v) is 5.57. The Morgan fingerprint density at radius 3 is 2.65 bits per heavy atom. The number of amides is 2. The molecule has 1 heterocycles. The molecule has 0 aliphatic heterocycles. The van der Waals surface area contributed by atoms with Crippen LogP contribution in [-0.2, 0) is 9.59 Å². The lowest BCUT2D eigenvalue weighted by Gasteiger charge is -2.16. The summed E-state index contributed by atoms with van der Waals surface area (Å²) in [5, 5.41) is 16.5. The van der Waals surface area contributed by atoms with Gasteiger partial charge in [0.15, 0.2) is 5.69 Å². The van der Waals surface area contributed by atoms with Crippen LogP contribution in [0.5, 0.6) is 0 Å². The van der Waals surface area contributed by atoms with Crippen molar-refractivity contribution >= 4 is 28.7 Å². The van der Waals surface area contributed by atoms with Crippen molar-refractivity contribution in [2.24, 2.45) is 5.73 Å². The molecule has 8 heteroatoms. The van der Waals surface area contributed by atoms with Gasteiger partial charge in [-0.2, -0.15) is 5.10 Å². The van der Waals surface area contributed by atoms with Gasteiger partial charge in [0, 0.05) is 11.4 Å². The third-order valence-corrected chi connectivity index (χ3v) is 3.74. The Bertz CT molecular complexity index is 794. The van der Waals surface area contributed by atoms with Crippen LogP contribution >= 0.6 is 0 Å².